The van der Waals surface area contributed by atoms with Gasteiger partial charge in [0.05, 0.1) is 0 Å². The zero-order chi connectivity index (χ0) is 40.8. The van der Waals surface area contributed by atoms with Crippen molar-refractivity contribution in [2.45, 2.75) is 70.1 Å². The van der Waals surface area contributed by atoms with Crippen LogP contribution in [-0.4, -0.2) is 77.5 Å². The van der Waals surface area contributed by atoms with Gasteiger partial charge >= 0.3 is 35.8 Å². The molecule has 15 nitrogen and oxygen atoms in total. The minimum atomic E-state index is -0.818. The van der Waals surface area contributed by atoms with Gasteiger partial charge in [-0.05, 0) is 79.3 Å². The SMILES string of the molecule is COCOC(=O)CCCC(=O)Oc1ccc(C(C)(c2ccc(OC(=O)CCCC(=O)OCOC)cc2)c2ccc(OC(=O)CCCC(=O)OCOC)cc2)cc1. The molecule has 3 aromatic rings. The largest absolute Gasteiger partial charge is 0.438 e. The smallest absolute Gasteiger partial charge is 0.311 e. The number of benzene rings is 3. The maximum absolute atomic E-state index is 12.5. The predicted octanol–water partition coefficient (Wildman–Crippen LogP) is 5.71. The molecular weight excluding hydrogens is 732 g/mol. The molecule has 0 spiro atoms. The number of methoxy groups -OCH3 is 3. The van der Waals surface area contributed by atoms with E-state index in [1.165, 1.54) is 21.3 Å². The average molecular weight is 781 g/mol. The standard InChI is InChI=1S/C41H48O15/c1-41(29-14-20-32(21-15-29)54-38(45)11-5-8-35(42)51-26-48-2,30-16-22-33(23-17-30)55-39(46)12-6-9-36(43)52-27-49-3)31-18-24-34(25-19-31)56-40(47)13-7-10-37(44)53-28-50-4/h14-25H,5-13,26-28H2,1-4H3. The lowest BCUT2D eigenvalue weighted by molar-refractivity contribution is -0.155. The first-order valence-electron chi connectivity index (χ1n) is 17.9. The molecule has 0 saturated carbocycles. The van der Waals surface area contributed by atoms with E-state index < -0.39 is 41.2 Å². The summed E-state index contributed by atoms with van der Waals surface area (Å²) in [6, 6.07) is 20.9. The van der Waals surface area contributed by atoms with Gasteiger partial charge in [-0.25, -0.2) is 0 Å². The van der Waals surface area contributed by atoms with Crippen molar-refractivity contribution >= 4 is 35.8 Å². The van der Waals surface area contributed by atoms with Crippen LogP contribution >= 0.6 is 0 Å². The molecule has 3 aromatic carbocycles. The van der Waals surface area contributed by atoms with E-state index in [-0.39, 0.29) is 78.2 Å². The van der Waals surface area contributed by atoms with E-state index in [0.29, 0.717) is 17.2 Å². The lowest BCUT2D eigenvalue weighted by Gasteiger charge is -2.32. The Morgan fingerprint density at radius 3 is 0.857 bits per heavy atom. The number of hydrogen-bond acceptors (Lipinski definition) is 15. The zero-order valence-corrected chi connectivity index (χ0v) is 32.0. The van der Waals surface area contributed by atoms with Crippen LogP contribution in [0.4, 0.5) is 0 Å². The molecular formula is C41H48O15. The van der Waals surface area contributed by atoms with Gasteiger partial charge in [0.25, 0.3) is 0 Å². The molecule has 15 heteroatoms. The summed E-state index contributed by atoms with van der Waals surface area (Å²) in [6.07, 6.45) is 0.922. The van der Waals surface area contributed by atoms with Gasteiger partial charge in [-0.3, -0.25) is 28.8 Å². The van der Waals surface area contributed by atoms with Crippen LogP contribution in [0, 0.1) is 0 Å². The molecule has 0 atom stereocenters. The summed E-state index contributed by atoms with van der Waals surface area (Å²) in [5.74, 6) is -2.01. The third-order valence-electron chi connectivity index (χ3n) is 8.29. The molecule has 0 N–H and O–H groups in total. The fourth-order valence-corrected chi connectivity index (χ4v) is 5.34. The number of carbonyl (C=O) groups is 6. The van der Waals surface area contributed by atoms with Crippen molar-refractivity contribution in [3.8, 4) is 17.2 Å². The Morgan fingerprint density at radius 2 is 0.625 bits per heavy atom. The monoisotopic (exact) mass is 780 g/mol. The van der Waals surface area contributed by atoms with Crippen molar-refractivity contribution in [1.29, 1.82) is 0 Å². The Morgan fingerprint density at radius 1 is 0.393 bits per heavy atom. The fourth-order valence-electron chi connectivity index (χ4n) is 5.34. The van der Waals surface area contributed by atoms with E-state index in [0.717, 1.165) is 16.7 Å². The summed E-state index contributed by atoms with van der Waals surface area (Å²) in [7, 11) is 4.21. The Hall–Kier alpha value is -5.64. The molecule has 0 aliphatic carbocycles. The van der Waals surface area contributed by atoms with E-state index in [9.17, 15) is 28.8 Å². The van der Waals surface area contributed by atoms with Crippen LogP contribution in [0.15, 0.2) is 72.8 Å². The second kappa shape index (κ2) is 24.0. The number of carbonyl (C=O) groups excluding carboxylic acids is 6. The molecule has 0 unspecified atom stereocenters. The molecule has 0 aromatic heterocycles. The van der Waals surface area contributed by atoms with Crippen molar-refractivity contribution in [3.63, 3.8) is 0 Å². The average Bonchev–Trinajstić information content (AvgIpc) is 3.19. The Bertz CT molecular complexity index is 1520. The second-order valence-corrected chi connectivity index (χ2v) is 12.4. The van der Waals surface area contributed by atoms with E-state index >= 15 is 0 Å². The Labute approximate surface area is 325 Å². The molecule has 0 bridgehead atoms. The van der Waals surface area contributed by atoms with Gasteiger partial charge < -0.3 is 42.6 Å². The van der Waals surface area contributed by atoms with Crippen LogP contribution in [0.3, 0.4) is 0 Å². The van der Waals surface area contributed by atoms with Crippen molar-refractivity contribution < 1.29 is 71.4 Å². The summed E-state index contributed by atoms with van der Waals surface area (Å²) in [5.41, 5.74) is 1.62. The third kappa shape index (κ3) is 15.2. The molecule has 302 valence electrons. The first-order valence-corrected chi connectivity index (χ1v) is 17.9. The highest BCUT2D eigenvalue weighted by Crippen LogP contribution is 2.40. The fraction of sp³-hybridized carbons (Fsp3) is 0.415. The minimum absolute atomic E-state index is 0.0112. The molecule has 0 aliphatic rings. The quantitative estimate of drug-likeness (QED) is 0.0354. The van der Waals surface area contributed by atoms with Gasteiger partial charge in [0.1, 0.15) is 17.2 Å². The van der Waals surface area contributed by atoms with Crippen molar-refractivity contribution in [3.05, 3.63) is 89.5 Å². The summed E-state index contributed by atoms with van der Waals surface area (Å²) in [6.45, 7) is 1.52. The molecule has 3 rings (SSSR count). The Balaban J connectivity index is 1.75. The first kappa shape index (κ1) is 44.8. The van der Waals surface area contributed by atoms with Crippen LogP contribution in [-0.2, 0) is 62.6 Å². The van der Waals surface area contributed by atoms with Crippen LogP contribution < -0.4 is 14.2 Å². The zero-order valence-electron chi connectivity index (χ0n) is 32.0. The Kier molecular flexibility index (Phi) is 19.2. The second-order valence-electron chi connectivity index (χ2n) is 12.4. The maximum atomic E-state index is 12.5. The van der Waals surface area contributed by atoms with Crippen LogP contribution in [0.2, 0.25) is 0 Å². The maximum Gasteiger partial charge on any atom is 0.311 e. The molecule has 0 amide bonds. The highest BCUT2D eigenvalue weighted by atomic mass is 16.7. The first-order chi connectivity index (χ1) is 27.0. The van der Waals surface area contributed by atoms with E-state index in [4.69, 9.17) is 42.6 Å². The van der Waals surface area contributed by atoms with Crippen molar-refractivity contribution in [1.82, 2.24) is 0 Å². The number of esters is 6. The molecule has 0 saturated heterocycles. The van der Waals surface area contributed by atoms with Gasteiger partial charge in [0, 0.05) is 65.3 Å². The summed E-state index contributed by atoms with van der Waals surface area (Å²) < 4.78 is 45.1. The predicted molar refractivity (Wildman–Crippen MR) is 197 cm³/mol. The molecule has 0 heterocycles. The highest BCUT2D eigenvalue weighted by molar-refractivity contribution is 5.76. The summed E-state index contributed by atoms with van der Waals surface area (Å²) in [5, 5.41) is 0. The third-order valence-corrected chi connectivity index (χ3v) is 8.29. The van der Waals surface area contributed by atoms with Gasteiger partial charge in [-0.15, -0.1) is 0 Å². The van der Waals surface area contributed by atoms with Gasteiger partial charge in [0.15, 0.2) is 20.4 Å². The van der Waals surface area contributed by atoms with Crippen LogP contribution in [0.25, 0.3) is 0 Å². The van der Waals surface area contributed by atoms with Crippen LogP contribution in [0.5, 0.6) is 17.2 Å². The van der Waals surface area contributed by atoms with Gasteiger partial charge in [0.2, 0.25) is 0 Å². The normalized spacial score (nSPS) is 10.9. The minimum Gasteiger partial charge on any atom is -0.438 e. The van der Waals surface area contributed by atoms with E-state index in [1.54, 1.807) is 36.4 Å². The lowest BCUT2D eigenvalue weighted by Crippen LogP contribution is -2.25. The summed E-state index contributed by atoms with van der Waals surface area (Å²) >= 11 is 0. The van der Waals surface area contributed by atoms with E-state index in [1.807, 2.05) is 43.3 Å². The molecule has 0 aliphatic heterocycles. The van der Waals surface area contributed by atoms with Gasteiger partial charge in [-0.2, -0.15) is 0 Å². The highest BCUT2D eigenvalue weighted by Gasteiger charge is 2.32. The molecule has 56 heavy (non-hydrogen) atoms. The number of rotatable bonds is 24. The molecule has 0 radical (unpaired) electrons. The van der Waals surface area contributed by atoms with Crippen LogP contribution in [0.1, 0.15) is 81.4 Å². The van der Waals surface area contributed by atoms with Crippen molar-refractivity contribution in [2.75, 3.05) is 41.7 Å². The molecule has 0 fully saturated rings. The van der Waals surface area contributed by atoms with E-state index in [2.05, 4.69) is 0 Å². The van der Waals surface area contributed by atoms with Crippen molar-refractivity contribution in [2.24, 2.45) is 0 Å². The number of hydrogen-bond donors (Lipinski definition) is 0. The number of ether oxygens (including phenoxy) is 9. The topological polar surface area (TPSA) is 185 Å². The van der Waals surface area contributed by atoms with Gasteiger partial charge in [-0.1, -0.05) is 36.4 Å². The summed E-state index contributed by atoms with van der Waals surface area (Å²) in [4.78, 5) is 72.5. The lowest BCUT2D eigenvalue weighted by atomic mass is 9.71.